The summed E-state index contributed by atoms with van der Waals surface area (Å²) in [4.78, 5) is 20.3. The van der Waals surface area contributed by atoms with Crippen LogP contribution in [0.2, 0.25) is 0 Å². The highest BCUT2D eigenvalue weighted by Gasteiger charge is 2.18. The summed E-state index contributed by atoms with van der Waals surface area (Å²) in [5, 5.41) is 12.3. The van der Waals surface area contributed by atoms with Gasteiger partial charge in [0.05, 0.1) is 32.0 Å². The third kappa shape index (κ3) is 5.03. The minimum Gasteiger partial charge on any atom is -0.494 e. The van der Waals surface area contributed by atoms with Crippen LogP contribution in [-0.2, 0) is 0 Å². The Morgan fingerprint density at radius 1 is 1.00 bits per heavy atom. The number of rotatable bonds is 9. The highest BCUT2D eigenvalue weighted by molar-refractivity contribution is 6.01. The molecule has 0 fully saturated rings. The van der Waals surface area contributed by atoms with Gasteiger partial charge in [0, 0.05) is 41.7 Å². The highest BCUT2D eigenvalue weighted by Crippen LogP contribution is 2.32. The standard InChI is InChI=1S/C26H33N3O4/c1-17(2)28(18(3)4)14-13-27-16-22-20-9-7-8-10-21(20)25(30)29(26(22)31)19-11-12-23(32-5)24(15-19)33-6/h7-12,15-18,31H,13-14H2,1-6H3. The first-order valence-corrected chi connectivity index (χ1v) is 11.1. The summed E-state index contributed by atoms with van der Waals surface area (Å²) in [5.74, 6) is 0.836. The van der Waals surface area contributed by atoms with Crippen molar-refractivity contribution < 1.29 is 14.6 Å². The molecule has 7 nitrogen and oxygen atoms in total. The molecule has 0 aliphatic carbocycles. The molecule has 1 aromatic heterocycles. The van der Waals surface area contributed by atoms with Crippen LogP contribution in [0.4, 0.5) is 0 Å². The van der Waals surface area contributed by atoms with Gasteiger partial charge in [-0.1, -0.05) is 18.2 Å². The van der Waals surface area contributed by atoms with Gasteiger partial charge < -0.3 is 14.6 Å². The summed E-state index contributed by atoms with van der Waals surface area (Å²) in [6.07, 6.45) is 1.66. The molecule has 33 heavy (non-hydrogen) atoms. The zero-order chi connectivity index (χ0) is 24.1. The molecule has 0 saturated heterocycles. The second-order valence-corrected chi connectivity index (χ2v) is 8.42. The van der Waals surface area contributed by atoms with Crippen LogP contribution >= 0.6 is 0 Å². The van der Waals surface area contributed by atoms with Gasteiger partial charge in [0.1, 0.15) is 0 Å². The number of aliphatic imine (C=N–C) groups is 1. The summed E-state index contributed by atoms with van der Waals surface area (Å²) in [6.45, 7) is 10.1. The summed E-state index contributed by atoms with van der Waals surface area (Å²) < 4.78 is 12.0. The van der Waals surface area contributed by atoms with Crippen molar-refractivity contribution >= 4 is 17.0 Å². The van der Waals surface area contributed by atoms with Crippen molar-refractivity contribution in [3.63, 3.8) is 0 Å². The predicted octanol–water partition coefficient (Wildman–Crippen LogP) is 4.25. The molecule has 1 N–H and O–H groups in total. The van der Waals surface area contributed by atoms with Crippen LogP contribution in [0.5, 0.6) is 17.4 Å². The van der Waals surface area contributed by atoms with Crippen molar-refractivity contribution in [1.82, 2.24) is 9.47 Å². The van der Waals surface area contributed by atoms with Crippen LogP contribution in [0.1, 0.15) is 33.3 Å². The van der Waals surface area contributed by atoms with Crippen molar-refractivity contribution in [3.8, 4) is 23.1 Å². The smallest absolute Gasteiger partial charge is 0.265 e. The Balaban J connectivity index is 2.09. The van der Waals surface area contributed by atoms with Gasteiger partial charge in [0.15, 0.2) is 11.5 Å². The number of pyridine rings is 1. The number of fused-ring (bicyclic) bond motifs is 1. The Morgan fingerprint density at radius 3 is 2.24 bits per heavy atom. The van der Waals surface area contributed by atoms with Crippen LogP contribution in [0.15, 0.2) is 52.3 Å². The molecule has 0 aliphatic rings. The molecule has 7 heteroatoms. The SMILES string of the molecule is COc1ccc(-n2c(O)c(C=NCCN(C(C)C)C(C)C)c3ccccc3c2=O)cc1OC. The Labute approximate surface area is 194 Å². The molecule has 3 aromatic rings. The molecule has 0 aliphatic heterocycles. The van der Waals surface area contributed by atoms with Gasteiger partial charge in [0.25, 0.3) is 5.56 Å². The minimum absolute atomic E-state index is 0.167. The van der Waals surface area contributed by atoms with Gasteiger partial charge in [0.2, 0.25) is 5.88 Å². The van der Waals surface area contributed by atoms with Crippen molar-refractivity contribution in [2.45, 2.75) is 39.8 Å². The fraction of sp³-hybridized carbons (Fsp3) is 0.385. The number of aromatic nitrogens is 1. The van der Waals surface area contributed by atoms with E-state index in [1.54, 1.807) is 37.6 Å². The fourth-order valence-corrected chi connectivity index (χ4v) is 4.13. The van der Waals surface area contributed by atoms with Gasteiger partial charge >= 0.3 is 0 Å². The molecule has 0 bridgehead atoms. The topological polar surface area (TPSA) is 76.3 Å². The maximum absolute atomic E-state index is 13.3. The number of aromatic hydroxyl groups is 1. The molecular formula is C26H33N3O4. The number of nitrogens with zero attached hydrogens (tertiary/aromatic N) is 3. The van der Waals surface area contributed by atoms with E-state index in [1.165, 1.54) is 11.7 Å². The van der Waals surface area contributed by atoms with Crippen molar-refractivity contribution in [2.24, 2.45) is 4.99 Å². The zero-order valence-corrected chi connectivity index (χ0v) is 20.2. The van der Waals surface area contributed by atoms with Crippen molar-refractivity contribution in [1.29, 1.82) is 0 Å². The van der Waals surface area contributed by atoms with E-state index >= 15 is 0 Å². The van der Waals surface area contributed by atoms with E-state index in [2.05, 4.69) is 37.6 Å². The molecule has 0 unspecified atom stereocenters. The van der Waals surface area contributed by atoms with Gasteiger partial charge in [-0.15, -0.1) is 0 Å². The van der Waals surface area contributed by atoms with E-state index in [9.17, 15) is 9.90 Å². The molecule has 0 atom stereocenters. The Morgan fingerprint density at radius 2 is 1.64 bits per heavy atom. The molecule has 2 aromatic carbocycles. The van der Waals surface area contributed by atoms with Crippen LogP contribution < -0.4 is 15.0 Å². The van der Waals surface area contributed by atoms with E-state index in [0.717, 1.165) is 6.54 Å². The van der Waals surface area contributed by atoms with E-state index in [-0.39, 0.29) is 11.4 Å². The Bertz CT molecular complexity index is 1190. The second kappa shape index (κ2) is 10.5. The second-order valence-electron chi connectivity index (χ2n) is 8.42. The number of methoxy groups -OCH3 is 2. The van der Waals surface area contributed by atoms with Gasteiger partial charge in [-0.2, -0.15) is 0 Å². The van der Waals surface area contributed by atoms with Gasteiger partial charge in [-0.3, -0.25) is 14.7 Å². The normalized spacial score (nSPS) is 11.9. The molecule has 3 rings (SSSR count). The van der Waals surface area contributed by atoms with Gasteiger partial charge in [-0.05, 0) is 45.9 Å². The lowest BCUT2D eigenvalue weighted by Crippen LogP contribution is -2.38. The van der Waals surface area contributed by atoms with E-state index in [0.29, 0.717) is 52.2 Å². The van der Waals surface area contributed by atoms with E-state index in [4.69, 9.17) is 9.47 Å². The lowest BCUT2D eigenvalue weighted by Gasteiger charge is -2.29. The van der Waals surface area contributed by atoms with Crippen molar-refractivity contribution in [2.75, 3.05) is 27.3 Å². The highest BCUT2D eigenvalue weighted by atomic mass is 16.5. The number of hydrogen-bond donors (Lipinski definition) is 1. The molecule has 0 radical (unpaired) electrons. The third-order valence-electron chi connectivity index (χ3n) is 5.76. The first kappa shape index (κ1) is 24.3. The fourth-order valence-electron chi connectivity index (χ4n) is 4.13. The zero-order valence-electron chi connectivity index (χ0n) is 20.2. The summed E-state index contributed by atoms with van der Waals surface area (Å²) in [6, 6.07) is 13.1. The largest absolute Gasteiger partial charge is 0.494 e. The van der Waals surface area contributed by atoms with Crippen LogP contribution in [-0.4, -0.2) is 60.2 Å². The predicted molar refractivity (Wildman–Crippen MR) is 134 cm³/mol. The molecule has 0 amide bonds. The lowest BCUT2D eigenvalue weighted by atomic mass is 10.1. The lowest BCUT2D eigenvalue weighted by molar-refractivity contribution is 0.181. The minimum atomic E-state index is -0.321. The maximum Gasteiger partial charge on any atom is 0.265 e. The average Bonchev–Trinajstić information content (AvgIpc) is 2.80. The molecule has 0 spiro atoms. The number of ether oxygens (including phenoxy) is 2. The van der Waals surface area contributed by atoms with E-state index in [1.807, 2.05) is 18.2 Å². The monoisotopic (exact) mass is 451 g/mol. The van der Waals surface area contributed by atoms with Crippen LogP contribution in [0.25, 0.3) is 16.5 Å². The molecule has 0 saturated carbocycles. The van der Waals surface area contributed by atoms with Crippen molar-refractivity contribution in [3.05, 3.63) is 58.4 Å². The van der Waals surface area contributed by atoms with Crippen LogP contribution in [0.3, 0.4) is 0 Å². The first-order valence-electron chi connectivity index (χ1n) is 11.1. The van der Waals surface area contributed by atoms with Gasteiger partial charge in [-0.25, -0.2) is 4.57 Å². The Hall–Kier alpha value is -3.32. The van der Waals surface area contributed by atoms with Crippen LogP contribution in [0, 0.1) is 0 Å². The summed E-state index contributed by atoms with van der Waals surface area (Å²) in [7, 11) is 3.08. The number of hydrogen-bond acceptors (Lipinski definition) is 6. The summed E-state index contributed by atoms with van der Waals surface area (Å²) in [5.41, 5.74) is 0.653. The first-order chi connectivity index (χ1) is 15.8. The quantitative estimate of drug-likeness (QED) is 0.492. The molecule has 176 valence electrons. The molecule has 1 heterocycles. The molecular weight excluding hydrogens is 418 g/mol. The maximum atomic E-state index is 13.3. The third-order valence-corrected chi connectivity index (χ3v) is 5.76. The Kier molecular flexibility index (Phi) is 7.76. The summed E-state index contributed by atoms with van der Waals surface area (Å²) >= 11 is 0. The van der Waals surface area contributed by atoms with E-state index < -0.39 is 0 Å². The average molecular weight is 452 g/mol. The number of benzene rings is 2.